The van der Waals surface area contributed by atoms with E-state index in [1.165, 1.54) is 24.3 Å². The van der Waals surface area contributed by atoms with E-state index in [9.17, 15) is 14.5 Å². The highest BCUT2D eigenvalue weighted by atomic mass is 19.1. The number of para-hydroxylation sites is 1. The van der Waals surface area contributed by atoms with Crippen molar-refractivity contribution in [3.63, 3.8) is 0 Å². The molecule has 0 unspecified atom stereocenters. The average molecular weight is 277 g/mol. The van der Waals surface area contributed by atoms with Gasteiger partial charge in [-0.25, -0.2) is 4.39 Å². The maximum atomic E-state index is 13.5. The summed E-state index contributed by atoms with van der Waals surface area (Å²) in [6.45, 7) is 1.03. The van der Waals surface area contributed by atoms with Crippen LogP contribution in [-0.2, 0) is 6.61 Å². The van der Waals surface area contributed by atoms with Gasteiger partial charge in [0, 0.05) is 5.56 Å². The number of rotatable bonds is 4. The summed E-state index contributed by atoms with van der Waals surface area (Å²) < 4.78 is 18.9. The van der Waals surface area contributed by atoms with Gasteiger partial charge < -0.3 is 9.84 Å². The van der Waals surface area contributed by atoms with E-state index in [0.29, 0.717) is 5.56 Å². The van der Waals surface area contributed by atoms with E-state index in [-0.39, 0.29) is 22.7 Å². The molecule has 2 aromatic carbocycles. The van der Waals surface area contributed by atoms with Crippen molar-refractivity contribution in [1.29, 1.82) is 0 Å². The van der Waals surface area contributed by atoms with Crippen LogP contribution < -0.4 is 4.74 Å². The van der Waals surface area contributed by atoms with Gasteiger partial charge in [0.2, 0.25) is 5.75 Å². The monoisotopic (exact) mass is 277 g/mol. The van der Waals surface area contributed by atoms with Gasteiger partial charge in [0.1, 0.15) is 11.6 Å². The quantitative estimate of drug-likeness (QED) is 0.687. The minimum atomic E-state index is -0.625. The van der Waals surface area contributed by atoms with Gasteiger partial charge in [-0.1, -0.05) is 18.2 Å². The second kappa shape index (κ2) is 5.66. The van der Waals surface area contributed by atoms with E-state index in [1.54, 1.807) is 19.1 Å². The van der Waals surface area contributed by atoms with Gasteiger partial charge in [-0.2, -0.15) is 0 Å². The third kappa shape index (κ3) is 2.60. The number of benzene rings is 2. The summed E-state index contributed by atoms with van der Waals surface area (Å²) in [5, 5.41) is 20.2. The molecule has 0 radical (unpaired) electrons. The van der Waals surface area contributed by atoms with Gasteiger partial charge in [0.15, 0.2) is 0 Å². The van der Waals surface area contributed by atoms with Crippen LogP contribution >= 0.6 is 0 Å². The smallest absolute Gasteiger partial charge is 0.314 e. The Bertz CT molecular complexity index is 658. The first-order valence-electron chi connectivity index (χ1n) is 5.84. The zero-order valence-corrected chi connectivity index (χ0v) is 10.7. The molecule has 0 saturated heterocycles. The number of nitro groups is 1. The number of nitrogens with zero attached hydrogens (tertiary/aromatic N) is 1. The third-order valence-corrected chi connectivity index (χ3v) is 2.84. The summed E-state index contributed by atoms with van der Waals surface area (Å²) in [6.07, 6.45) is 0. The number of aliphatic hydroxyl groups excluding tert-OH is 1. The Hall–Kier alpha value is -2.47. The summed E-state index contributed by atoms with van der Waals surface area (Å²) in [6, 6.07) is 8.66. The maximum Gasteiger partial charge on any atom is 0.314 e. The fraction of sp³-hybridized carbons (Fsp3) is 0.143. The van der Waals surface area contributed by atoms with Crippen molar-refractivity contribution in [2.24, 2.45) is 0 Å². The molecule has 0 spiro atoms. The second-order valence-corrected chi connectivity index (χ2v) is 4.16. The normalized spacial score (nSPS) is 10.3. The fourth-order valence-corrected chi connectivity index (χ4v) is 1.85. The molecule has 0 aliphatic rings. The molecule has 0 bridgehead atoms. The van der Waals surface area contributed by atoms with Gasteiger partial charge in [-0.05, 0) is 25.1 Å². The van der Waals surface area contributed by atoms with Crippen LogP contribution in [0, 0.1) is 22.9 Å². The molecule has 20 heavy (non-hydrogen) atoms. The number of nitro benzene ring substituents is 1. The number of aryl methyl sites for hydroxylation is 1. The highest BCUT2D eigenvalue weighted by molar-refractivity contribution is 5.54. The molecule has 0 amide bonds. The minimum absolute atomic E-state index is 0.00954. The van der Waals surface area contributed by atoms with E-state index in [0.717, 1.165) is 0 Å². The van der Waals surface area contributed by atoms with Crippen molar-refractivity contribution in [2.75, 3.05) is 0 Å². The molecule has 1 N–H and O–H groups in total. The van der Waals surface area contributed by atoms with E-state index < -0.39 is 17.3 Å². The lowest BCUT2D eigenvalue weighted by Crippen LogP contribution is -1.99. The van der Waals surface area contributed by atoms with Gasteiger partial charge >= 0.3 is 5.69 Å². The molecule has 2 rings (SSSR count). The van der Waals surface area contributed by atoms with Crippen molar-refractivity contribution in [3.05, 3.63) is 63.5 Å². The lowest BCUT2D eigenvalue weighted by atomic mass is 10.1. The standard InChI is InChI=1S/C14H12FNO4/c1-9-4-2-7-13(14(9)16(18)19)20-12-6-3-5-11(15)10(12)8-17/h2-7,17H,8H2,1H3. The molecule has 0 aliphatic heterocycles. The number of aliphatic hydroxyl groups is 1. The summed E-state index contributed by atoms with van der Waals surface area (Å²) in [5.74, 6) is -0.559. The SMILES string of the molecule is Cc1cccc(Oc2cccc(F)c2CO)c1[N+](=O)[O-]. The molecule has 2 aromatic rings. The largest absolute Gasteiger partial charge is 0.450 e. The van der Waals surface area contributed by atoms with Crippen LogP contribution in [0.25, 0.3) is 0 Å². The van der Waals surface area contributed by atoms with Crippen LogP contribution in [-0.4, -0.2) is 10.0 Å². The Labute approximate surface area is 114 Å². The van der Waals surface area contributed by atoms with Crippen molar-refractivity contribution in [1.82, 2.24) is 0 Å². The second-order valence-electron chi connectivity index (χ2n) is 4.16. The van der Waals surface area contributed by atoms with Crippen LogP contribution in [0.1, 0.15) is 11.1 Å². The molecular formula is C14H12FNO4. The Morgan fingerprint density at radius 3 is 2.55 bits per heavy atom. The molecule has 5 nitrogen and oxygen atoms in total. The molecule has 0 aliphatic carbocycles. The molecule has 104 valence electrons. The average Bonchev–Trinajstić information content (AvgIpc) is 2.38. The summed E-state index contributed by atoms with van der Waals surface area (Å²) in [4.78, 5) is 10.5. The van der Waals surface area contributed by atoms with Crippen LogP contribution in [0.3, 0.4) is 0 Å². The van der Waals surface area contributed by atoms with E-state index in [4.69, 9.17) is 9.84 Å². The predicted molar refractivity (Wildman–Crippen MR) is 70.2 cm³/mol. The molecule has 0 aromatic heterocycles. The Morgan fingerprint density at radius 2 is 1.90 bits per heavy atom. The summed E-state index contributed by atoms with van der Waals surface area (Å²) >= 11 is 0. The zero-order valence-electron chi connectivity index (χ0n) is 10.7. The topological polar surface area (TPSA) is 72.6 Å². The van der Waals surface area contributed by atoms with Gasteiger partial charge in [0.25, 0.3) is 0 Å². The van der Waals surface area contributed by atoms with E-state index in [1.807, 2.05) is 0 Å². The lowest BCUT2D eigenvalue weighted by Gasteiger charge is -2.11. The van der Waals surface area contributed by atoms with Gasteiger partial charge in [-0.3, -0.25) is 10.1 Å². The van der Waals surface area contributed by atoms with Gasteiger partial charge in [-0.15, -0.1) is 0 Å². The van der Waals surface area contributed by atoms with E-state index in [2.05, 4.69) is 0 Å². The third-order valence-electron chi connectivity index (χ3n) is 2.84. The summed E-state index contributed by atoms with van der Waals surface area (Å²) in [7, 11) is 0. The van der Waals surface area contributed by atoms with Crippen LogP contribution in [0.15, 0.2) is 36.4 Å². The highest BCUT2D eigenvalue weighted by Gasteiger charge is 2.20. The molecule has 0 heterocycles. The fourth-order valence-electron chi connectivity index (χ4n) is 1.85. The molecule has 6 heteroatoms. The predicted octanol–water partition coefficient (Wildman–Crippen LogP) is 3.33. The Kier molecular flexibility index (Phi) is 3.95. The number of hydrogen-bond donors (Lipinski definition) is 1. The van der Waals surface area contributed by atoms with Crippen LogP contribution in [0.4, 0.5) is 10.1 Å². The van der Waals surface area contributed by atoms with Crippen molar-refractivity contribution >= 4 is 5.69 Å². The molecule has 0 atom stereocenters. The molecule has 0 fully saturated rings. The summed E-state index contributed by atoms with van der Waals surface area (Å²) in [5.41, 5.74) is 0.221. The van der Waals surface area contributed by atoms with Crippen molar-refractivity contribution in [2.45, 2.75) is 13.5 Å². The lowest BCUT2D eigenvalue weighted by molar-refractivity contribution is -0.386. The van der Waals surface area contributed by atoms with Crippen molar-refractivity contribution < 1.29 is 19.2 Å². The maximum absolute atomic E-state index is 13.5. The first kappa shape index (κ1) is 14.0. The van der Waals surface area contributed by atoms with Crippen molar-refractivity contribution in [3.8, 4) is 11.5 Å². The minimum Gasteiger partial charge on any atom is -0.450 e. The number of hydrogen-bond acceptors (Lipinski definition) is 4. The number of ether oxygens (including phenoxy) is 1. The Balaban J connectivity index is 2.48. The van der Waals surface area contributed by atoms with Crippen LogP contribution in [0.2, 0.25) is 0 Å². The molecule has 0 saturated carbocycles. The first-order valence-corrected chi connectivity index (χ1v) is 5.84. The van der Waals surface area contributed by atoms with Gasteiger partial charge in [0.05, 0.1) is 17.1 Å². The first-order chi connectivity index (χ1) is 9.54. The van der Waals surface area contributed by atoms with Crippen LogP contribution in [0.5, 0.6) is 11.5 Å². The Morgan fingerprint density at radius 1 is 1.25 bits per heavy atom. The number of halogens is 1. The molecular weight excluding hydrogens is 265 g/mol. The zero-order chi connectivity index (χ0) is 14.7. The highest BCUT2D eigenvalue weighted by Crippen LogP contribution is 2.35. The van der Waals surface area contributed by atoms with E-state index >= 15 is 0 Å².